The van der Waals surface area contributed by atoms with Crippen LogP contribution in [-0.4, -0.2) is 24.3 Å². The van der Waals surface area contributed by atoms with Crippen LogP contribution >= 0.6 is 22.9 Å². The van der Waals surface area contributed by atoms with Crippen molar-refractivity contribution in [3.05, 3.63) is 45.4 Å². The van der Waals surface area contributed by atoms with Crippen LogP contribution in [0.3, 0.4) is 0 Å². The smallest absolute Gasteiger partial charge is 0.243 e. The zero-order valence-electron chi connectivity index (χ0n) is 9.91. The highest BCUT2D eigenvalue weighted by molar-refractivity contribution is 7.89. The fourth-order valence-electron chi connectivity index (χ4n) is 2.12. The predicted molar refractivity (Wildman–Crippen MR) is 74.9 cm³/mol. The van der Waals surface area contributed by atoms with Crippen LogP contribution in [0.4, 0.5) is 0 Å². The second-order valence-corrected chi connectivity index (χ2v) is 7.60. The maximum atomic E-state index is 12.5. The van der Waals surface area contributed by atoms with E-state index in [1.54, 1.807) is 11.3 Å². The molecule has 0 saturated carbocycles. The third-order valence-corrected chi connectivity index (χ3v) is 6.18. The first-order valence-corrected chi connectivity index (χ1v) is 8.44. The van der Waals surface area contributed by atoms with Crippen molar-refractivity contribution in [3.8, 4) is 0 Å². The van der Waals surface area contributed by atoms with E-state index < -0.39 is 10.0 Å². The Kier molecular flexibility index (Phi) is 3.34. The van der Waals surface area contributed by atoms with Gasteiger partial charge in [0, 0.05) is 24.2 Å². The molecule has 1 aliphatic rings. The summed E-state index contributed by atoms with van der Waals surface area (Å²) < 4.78 is 26.5. The van der Waals surface area contributed by atoms with Gasteiger partial charge < -0.3 is 0 Å². The minimum atomic E-state index is -3.49. The largest absolute Gasteiger partial charge is 0.244 e. The van der Waals surface area contributed by atoms with Crippen LogP contribution in [0.2, 0.25) is 5.15 Å². The van der Waals surface area contributed by atoms with Gasteiger partial charge in [0.2, 0.25) is 10.0 Å². The molecule has 2 aromatic heterocycles. The fourth-order valence-corrected chi connectivity index (χ4v) is 4.68. The standard InChI is InChI=1S/C12H11ClN2O2S2/c13-12-7-10(1-4-14-12)19(16,17)15-5-2-11-9(8-15)3-6-18-11/h1,3-4,6-7H,2,5,8H2. The first-order chi connectivity index (χ1) is 9.07. The van der Waals surface area contributed by atoms with E-state index >= 15 is 0 Å². The molecule has 2 aromatic rings. The highest BCUT2D eigenvalue weighted by Crippen LogP contribution is 2.28. The molecule has 0 N–H and O–H groups in total. The molecule has 0 spiro atoms. The summed E-state index contributed by atoms with van der Waals surface area (Å²) in [6.45, 7) is 0.941. The quantitative estimate of drug-likeness (QED) is 0.800. The van der Waals surface area contributed by atoms with Crippen molar-refractivity contribution < 1.29 is 8.42 Å². The molecular weight excluding hydrogens is 304 g/mol. The average Bonchev–Trinajstić information content (AvgIpc) is 2.85. The van der Waals surface area contributed by atoms with Gasteiger partial charge in [0.1, 0.15) is 5.15 Å². The van der Waals surface area contributed by atoms with Gasteiger partial charge in [0.15, 0.2) is 0 Å². The van der Waals surface area contributed by atoms with E-state index in [9.17, 15) is 8.42 Å². The summed E-state index contributed by atoms with van der Waals surface area (Å²) in [7, 11) is -3.49. The Labute approximate surface area is 120 Å². The van der Waals surface area contributed by atoms with Crippen molar-refractivity contribution in [1.29, 1.82) is 0 Å². The van der Waals surface area contributed by atoms with Crippen LogP contribution in [0.25, 0.3) is 0 Å². The number of nitrogens with zero attached hydrogens (tertiary/aromatic N) is 2. The Hall–Kier alpha value is -0.950. The monoisotopic (exact) mass is 314 g/mol. The summed E-state index contributed by atoms with van der Waals surface area (Å²) in [5.74, 6) is 0. The topological polar surface area (TPSA) is 50.3 Å². The molecule has 4 nitrogen and oxygen atoms in total. The Balaban J connectivity index is 1.94. The molecule has 0 atom stereocenters. The van der Waals surface area contributed by atoms with Crippen molar-refractivity contribution >= 4 is 33.0 Å². The molecule has 0 bridgehead atoms. The zero-order valence-corrected chi connectivity index (χ0v) is 12.3. The number of hydrogen-bond donors (Lipinski definition) is 0. The van der Waals surface area contributed by atoms with Crippen molar-refractivity contribution in [3.63, 3.8) is 0 Å². The lowest BCUT2D eigenvalue weighted by atomic mass is 10.1. The molecule has 0 aliphatic carbocycles. The number of halogens is 1. The lowest BCUT2D eigenvalue weighted by Crippen LogP contribution is -2.35. The normalized spacial score (nSPS) is 16.3. The molecule has 0 aromatic carbocycles. The minimum absolute atomic E-state index is 0.189. The van der Waals surface area contributed by atoms with Crippen LogP contribution in [0.5, 0.6) is 0 Å². The Morgan fingerprint density at radius 1 is 1.37 bits per heavy atom. The minimum Gasteiger partial charge on any atom is -0.244 e. The average molecular weight is 315 g/mol. The Morgan fingerprint density at radius 2 is 2.21 bits per heavy atom. The van der Waals surface area contributed by atoms with Gasteiger partial charge in [-0.25, -0.2) is 13.4 Å². The fraction of sp³-hybridized carbons (Fsp3) is 0.250. The molecule has 0 saturated heterocycles. The van der Waals surface area contributed by atoms with Gasteiger partial charge in [-0.15, -0.1) is 11.3 Å². The highest BCUT2D eigenvalue weighted by atomic mass is 35.5. The number of hydrogen-bond acceptors (Lipinski definition) is 4. The molecule has 0 radical (unpaired) electrons. The van der Waals surface area contributed by atoms with E-state index in [0.717, 1.165) is 12.0 Å². The van der Waals surface area contributed by atoms with Gasteiger partial charge in [0.05, 0.1) is 4.90 Å². The second-order valence-electron chi connectivity index (χ2n) is 4.27. The van der Waals surface area contributed by atoms with E-state index in [4.69, 9.17) is 11.6 Å². The summed E-state index contributed by atoms with van der Waals surface area (Å²) in [6, 6.07) is 4.85. The number of thiophene rings is 1. The molecule has 0 unspecified atom stereocenters. The van der Waals surface area contributed by atoms with Gasteiger partial charge in [-0.3, -0.25) is 0 Å². The summed E-state index contributed by atoms with van der Waals surface area (Å²) in [6.07, 6.45) is 2.18. The molecule has 3 heterocycles. The highest BCUT2D eigenvalue weighted by Gasteiger charge is 2.28. The predicted octanol–water partition coefficient (Wildman–Crippen LogP) is 2.54. The van der Waals surface area contributed by atoms with E-state index in [1.165, 1.54) is 27.5 Å². The van der Waals surface area contributed by atoms with Crippen LogP contribution in [0, 0.1) is 0 Å². The molecule has 0 amide bonds. The lowest BCUT2D eigenvalue weighted by molar-refractivity contribution is 0.394. The van der Waals surface area contributed by atoms with E-state index in [0.29, 0.717) is 13.1 Å². The number of fused-ring (bicyclic) bond motifs is 1. The van der Waals surface area contributed by atoms with Crippen molar-refractivity contribution in [1.82, 2.24) is 9.29 Å². The van der Waals surface area contributed by atoms with Gasteiger partial charge in [-0.05, 0) is 35.6 Å². The molecule has 100 valence electrons. The van der Waals surface area contributed by atoms with Crippen molar-refractivity contribution in [2.45, 2.75) is 17.9 Å². The van der Waals surface area contributed by atoms with Gasteiger partial charge >= 0.3 is 0 Å². The Bertz CT molecular complexity index is 712. The van der Waals surface area contributed by atoms with Crippen LogP contribution in [0.1, 0.15) is 10.4 Å². The summed E-state index contributed by atoms with van der Waals surface area (Å²) in [5, 5.41) is 2.19. The van der Waals surface area contributed by atoms with Gasteiger partial charge in [-0.1, -0.05) is 11.6 Å². The third-order valence-electron chi connectivity index (χ3n) is 3.11. The van der Waals surface area contributed by atoms with Gasteiger partial charge in [-0.2, -0.15) is 4.31 Å². The maximum absolute atomic E-state index is 12.5. The van der Waals surface area contributed by atoms with E-state index in [-0.39, 0.29) is 10.0 Å². The third kappa shape index (κ3) is 2.41. The second kappa shape index (κ2) is 4.86. The molecule has 19 heavy (non-hydrogen) atoms. The zero-order chi connectivity index (χ0) is 13.5. The number of pyridine rings is 1. The molecule has 7 heteroatoms. The maximum Gasteiger partial charge on any atom is 0.243 e. The first-order valence-electron chi connectivity index (χ1n) is 5.74. The molecule has 3 rings (SSSR count). The number of aromatic nitrogens is 1. The van der Waals surface area contributed by atoms with Crippen molar-refractivity contribution in [2.75, 3.05) is 6.54 Å². The van der Waals surface area contributed by atoms with E-state index in [2.05, 4.69) is 4.98 Å². The lowest BCUT2D eigenvalue weighted by Gasteiger charge is -2.26. The van der Waals surface area contributed by atoms with E-state index in [1.807, 2.05) is 11.4 Å². The summed E-state index contributed by atoms with van der Waals surface area (Å²) >= 11 is 7.44. The molecule has 0 fully saturated rings. The summed E-state index contributed by atoms with van der Waals surface area (Å²) in [5.41, 5.74) is 1.10. The van der Waals surface area contributed by atoms with Gasteiger partial charge in [0.25, 0.3) is 0 Å². The molecule has 1 aliphatic heterocycles. The Morgan fingerprint density at radius 3 is 3.00 bits per heavy atom. The number of rotatable bonds is 2. The number of sulfonamides is 1. The molecular formula is C12H11ClN2O2S2. The van der Waals surface area contributed by atoms with Crippen molar-refractivity contribution in [2.24, 2.45) is 0 Å². The first kappa shape index (κ1) is 13.1. The SMILES string of the molecule is O=S(=O)(c1ccnc(Cl)c1)N1CCc2sccc2C1. The van der Waals surface area contributed by atoms with Crippen LogP contribution < -0.4 is 0 Å². The van der Waals surface area contributed by atoms with Crippen LogP contribution in [-0.2, 0) is 23.0 Å². The van der Waals surface area contributed by atoms with Crippen LogP contribution in [0.15, 0.2) is 34.7 Å². The summed E-state index contributed by atoms with van der Waals surface area (Å²) in [4.78, 5) is 5.29.